The topological polar surface area (TPSA) is 66.5 Å². The predicted molar refractivity (Wildman–Crippen MR) is 121 cm³/mol. The van der Waals surface area contributed by atoms with E-state index in [9.17, 15) is 13.2 Å². The summed E-state index contributed by atoms with van der Waals surface area (Å²) in [6.45, 7) is 0.275. The first-order chi connectivity index (χ1) is 14.3. The number of nitrogens with one attached hydrogen (secondary N) is 1. The van der Waals surface area contributed by atoms with Crippen molar-refractivity contribution in [3.8, 4) is 0 Å². The number of amides is 1. The molecule has 0 heterocycles. The molecule has 3 rings (SSSR count). The SMILES string of the molecule is CN(Cc1ccccc1)S(=O)(=O)c1ccc(NC(=O)/C=C/c2ccc(Cl)cc2)cc1. The standard InChI is InChI=1S/C23H21ClN2O3S/c1-26(17-19-5-3-2-4-6-19)30(28,29)22-14-12-21(13-15-22)25-23(27)16-9-18-7-10-20(24)11-8-18/h2-16H,17H2,1H3,(H,25,27)/b16-9+. The lowest BCUT2D eigenvalue weighted by Gasteiger charge is -2.17. The molecule has 0 radical (unpaired) electrons. The van der Waals surface area contributed by atoms with Crippen LogP contribution in [0.5, 0.6) is 0 Å². The zero-order valence-electron chi connectivity index (χ0n) is 16.3. The molecule has 0 aliphatic rings. The molecule has 7 heteroatoms. The van der Waals surface area contributed by atoms with Gasteiger partial charge in [-0.25, -0.2) is 8.42 Å². The Bertz CT molecular complexity index is 1130. The number of halogens is 1. The summed E-state index contributed by atoms with van der Waals surface area (Å²) >= 11 is 5.84. The maximum Gasteiger partial charge on any atom is 0.248 e. The van der Waals surface area contributed by atoms with E-state index in [4.69, 9.17) is 11.6 Å². The maximum atomic E-state index is 12.8. The van der Waals surface area contributed by atoms with Crippen LogP contribution in [-0.4, -0.2) is 25.7 Å². The molecule has 0 bridgehead atoms. The smallest absolute Gasteiger partial charge is 0.248 e. The third-order valence-electron chi connectivity index (χ3n) is 4.38. The molecule has 0 spiro atoms. The van der Waals surface area contributed by atoms with Crippen LogP contribution in [0.15, 0.2) is 89.8 Å². The highest BCUT2D eigenvalue weighted by Crippen LogP contribution is 2.19. The van der Waals surface area contributed by atoms with Crippen molar-refractivity contribution in [3.05, 3.63) is 101 Å². The van der Waals surface area contributed by atoms with Crippen molar-refractivity contribution in [2.24, 2.45) is 0 Å². The van der Waals surface area contributed by atoms with Gasteiger partial charge in [0.15, 0.2) is 0 Å². The van der Waals surface area contributed by atoms with Gasteiger partial charge in [0, 0.05) is 30.4 Å². The van der Waals surface area contributed by atoms with E-state index in [-0.39, 0.29) is 17.3 Å². The fourth-order valence-electron chi connectivity index (χ4n) is 2.75. The minimum atomic E-state index is -3.64. The number of nitrogens with zero attached hydrogens (tertiary/aromatic N) is 1. The number of sulfonamides is 1. The molecule has 0 unspecified atom stereocenters. The van der Waals surface area contributed by atoms with E-state index in [0.717, 1.165) is 11.1 Å². The Morgan fingerprint density at radius 3 is 2.23 bits per heavy atom. The summed E-state index contributed by atoms with van der Waals surface area (Å²) in [6.07, 6.45) is 3.07. The largest absolute Gasteiger partial charge is 0.323 e. The van der Waals surface area contributed by atoms with Gasteiger partial charge in [0.25, 0.3) is 0 Å². The van der Waals surface area contributed by atoms with Crippen LogP contribution in [0, 0.1) is 0 Å². The van der Waals surface area contributed by atoms with Gasteiger partial charge in [-0.05, 0) is 53.6 Å². The van der Waals surface area contributed by atoms with Gasteiger partial charge in [0.2, 0.25) is 15.9 Å². The summed E-state index contributed by atoms with van der Waals surface area (Å²) in [6, 6.07) is 22.6. The summed E-state index contributed by atoms with van der Waals surface area (Å²) in [4.78, 5) is 12.3. The van der Waals surface area contributed by atoms with E-state index in [0.29, 0.717) is 10.7 Å². The summed E-state index contributed by atoms with van der Waals surface area (Å²) < 4.78 is 26.8. The van der Waals surface area contributed by atoms with E-state index in [1.165, 1.54) is 22.5 Å². The lowest BCUT2D eigenvalue weighted by atomic mass is 10.2. The maximum absolute atomic E-state index is 12.8. The third-order valence-corrected chi connectivity index (χ3v) is 6.44. The second-order valence-electron chi connectivity index (χ2n) is 6.65. The van der Waals surface area contributed by atoms with Crippen molar-refractivity contribution in [2.45, 2.75) is 11.4 Å². The fourth-order valence-corrected chi connectivity index (χ4v) is 4.03. The number of anilines is 1. The van der Waals surface area contributed by atoms with Gasteiger partial charge in [-0.3, -0.25) is 4.79 Å². The number of hydrogen-bond acceptors (Lipinski definition) is 3. The second-order valence-corrected chi connectivity index (χ2v) is 9.13. The molecule has 0 saturated carbocycles. The molecular formula is C23H21ClN2O3S. The Morgan fingerprint density at radius 2 is 1.60 bits per heavy atom. The average molecular weight is 441 g/mol. The van der Waals surface area contributed by atoms with Gasteiger partial charge in [-0.2, -0.15) is 4.31 Å². The van der Waals surface area contributed by atoms with E-state index in [1.54, 1.807) is 49.5 Å². The van der Waals surface area contributed by atoms with Crippen molar-refractivity contribution < 1.29 is 13.2 Å². The van der Waals surface area contributed by atoms with Crippen LogP contribution >= 0.6 is 11.6 Å². The van der Waals surface area contributed by atoms with Gasteiger partial charge in [-0.1, -0.05) is 54.1 Å². The molecule has 0 aliphatic carbocycles. The molecule has 5 nitrogen and oxygen atoms in total. The number of benzene rings is 3. The Morgan fingerprint density at radius 1 is 0.967 bits per heavy atom. The van der Waals surface area contributed by atoms with Crippen molar-refractivity contribution in [2.75, 3.05) is 12.4 Å². The summed E-state index contributed by atoms with van der Waals surface area (Å²) in [5.41, 5.74) is 2.25. The number of carbonyl (C=O) groups is 1. The summed E-state index contributed by atoms with van der Waals surface area (Å²) in [5, 5.41) is 3.34. The Kier molecular flexibility index (Phi) is 7.05. The minimum Gasteiger partial charge on any atom is -0.323 e. The van der Waals surface area contributed by atoms with Crippen LogP contribution in [-0.2, 0) is 21.4 Å². The highest BCUT2D eigenvalue weighted by molar-refractivity contribution is 7.89. The zero-order chi connectivity index (χ0) is 21.6. The van der Waals surface area contributed by atoms with E-state index in [1.807, 2.05) is 30.3 Å². The third kappa shape index (κ3) is 5.79. The summed E-state index contributed by atoms with van der Waals surface area (Å²) in [5.74, 6) is -0.318. The number of hydrogen-bond donors (Lipinski definition) is 1. The molecular weight excluding hydrogens is 420 g/mol. The Labute approximate surface area is 181 Å². The quantitative estimate of drug-likeness (QED) is 0.536. The van der Waals surface area contributed by atoms with Crippen molar-refractivity contribution >= 4 is 39.3 Å². The molecule has 0 fully saturated rings. The first kappa shape index (κ1) is 21.8. The monoisotopic (exact) mass is 440 g/mol. The normalized spacial score (nSPS) is 11.7. The Hall–Kier alpha value is -2.93. The predicted octanol–water partition coefficient (Wildman–Crippen LogP) is 4.81. The molecule has 3 aromatic rings. The van der Waals surface area contributed by atoms with Crippen LogP contribution in [0.2, 0.25) is 5.02 Å². The van der Waals surface area contributed by atoms with Crippen LogP contribution < -0.4 is 5.32 Å². The summed E-state index contributed by atoms with van der Waals surface area (Å²) in [7, 11) is -2.10. The van der Waals surface area contributed by atoms with Crippen LogP contribution in [0.1, 0.15) is 11.1 Å². The zero-order valence-corrected chi connectivity index (χ0v) is 17.9. The first-order valence-corrected chi connectivity index (χ1v) is 11.0. The van der Waals surface area contributed by atoms with E-state index >= 15 is 0 Å². The number of rotatable bonds is 7. The molecule has 0 aliphatic heterocycles. The molecule has 154 valence electrons. The van der Waals surface area contributed by atoms with Crippen LogP contribution in [0.4, 0.5) is 5.69 Å². The molecule has 0 saturated heterocycles. The average Bonchev–Trinajstić information content (AvgIpc) is 2.74. The van der Waals surface area contributed by atoms with Gasteiger partial charge < -0.3 is 5.32 Å². The van der Waals surface area contributed by atoms with Gasteiger partial charge in [0.05, 0.1) is 4.90 Å². The van der Waals surface area contributed by atoms with Crippen molar-refractivity contribution in [1.29, 1.82) is 0 Å². The molecule has 0 aromatic heterocycles. The molecule has 0 atom stereocenters. The lowest BCUT2D eigenvalue weighted by Crippen LogP contribution is -2.26. The van der Waals surface area contributed by atoms with Gasteiger partial charge in [0.1, 0.15) is 0 Å². The van der Waals surface area contributed by atoms with E-state index < -0.39 is 10.0 Å². The van der Waals surface area contributed by atoms with Gasteiger partial charge in [-0.15, -0.1) is 0 Å². The first-order valence-electron chi connectivity index (χ1n) is 9.19. The molecule has 30 heavy (non-hydrogen) atoms. The lowest BCUT2D eigenvalue weighted by molar-refractivity contribution is -0.111. The second kappa shape index (κ2) is 9.71. The number of carbonyl (C=O) groups excluding carboxylic acids is 1. The van der Waals surface area contributed by atoms with Gasteiger partial charge >= 0.3 is 0 Å². The molecule has 3 aromatic carbocycles. The fraction of sp³-hybridized carbons (Fsp3) is 0.0870. The van der Waals surface area contributed by atoms with Crippen molar-refractivity contribution in [3.63, 3.8) is 0 Å². The van der Waals surface area contributed by atoms with E-state index in [2.05, 4.69) is 5.32 Å². The van der Waals surface area contributed by atoms with Crippen LogP contribution in [0.25, 0.3) is 6.08 Å². The molecule has 1 amide bonds. The van der Waals surface area contributed by atoms with Crippen molar-refractivity contribution in [1.82, 2.24) is 4.31 Å². The highest BCUT2D eigenvalue weighted by atomic mass is 35.5. The minimum absolute atomic E-state index is 0.163. The van der Waals surface area contributed by atoms with Crippen LogP contribution in [0.3, 0.4) is 0 Å². The Balaban J connectivity index is 1.63. The molecule has 1 N–H and O–H groups in total. The highest BCUT2D eigenvalue weighted by Gasteiger charge is 2.20.